The van der Waals surface area contributed by atoms with E-state index >= 15 is 0 Å². The molecule has 0 heterocycles. The third-order valence-electron chi connectivity index (χ3n) is 2.85. The van der Waals surface area contributed by atoms with E-state index in [0.717, 1.165) is 21.5 Å². The van der Waals surface area contributed by atoms with Crippen molar-refractivity contribution < 1.29 is 5.11 Å². The lowest BCUT2D eigenvalue weighted by Crippen LogP contribution is -2.44. The van der Waals surface area contributed by atoms with Crippen molar-refractivity contribution in [2.45, 2.75) is 32.4 Å². The Bertz CT molecular complexity index is 353. The first-order valence-electron chi connectivity index (χ1n) is 5.30. The Morgan fingerprint density at radius 3 is 2.69 bits per heavy atom. The summed E-state index contributed by atoms with van der Waals surface area (Å²) in [5, 5.41) is 13.3. The van der Waals surface area contributed by atoms with Crippen molar-refractivity contribution in [3.63, 3.8) is 0 Å². The van der Waals surface area contributed by atoms with Gasteiger partial charge in [0, 0.05) is 21.6 Å². The molecule has 1 rings (SSSR count). The highest BCUT2D eigenvalue weighted by Gasteiger charge is 2.19. The molecule has 0 spiro atoms. The van der Waals surface area contributed by atoms with E-state index in [1.54, 1.807) is 0 Å². The average Bonchev–Trinajstić information content (AvgIpc) is 2.27. The molecule has 0 aliphatic carbocycles. The van der Waals surface area contributed by atoms with Crippen molar-refractivity contribution in [3.8, 4) is 0 Å². The van der Waals surface area contributed by atoms with E-state index in [0.29, 0.717) is 6.54 Å². The van der Waals surface area contributed by atoms with Crippen molar-refractivity contribution in [1.82, 2.24) is 5.32 Å². The van der Waals surface area contributed by atoms with Crippen molar-refractivity contribution in [2.24, 2.45) is 0 Å². The quantitative estimate of drug-likeness (QED) is 0.874. The van der Waals surface area contributed by atoms with Crippen LogP contribution in [0.1, 0.15) is 25.8 Å². The Morgan fingerprint density at radius 2 is 2.19 bits per heavy atom. The van der Waals surface area contributed by atoms with Gasteiger partial charge in [-0.05, 0) is 31.0 Å². The maximum Gasteiger partial charge on any atom is 0.0610 e. The molecule has 1 atom stereocenters. The van der Waals surface area contributed by atoms with Gasteiger partial charge in [-0.25, -0.2) is 0 Å². The summed E-state index contributed by atoms with van der Waals surface area (Å²) in [5.41, 5.74) is 0.800. The third-order valence-corrected chi connectivity index (χ3v) is 3.70. The maximum atomic E-state index is 9.27. The molecule has 0 aromatic heterocycles. The molecule has 0 fully saturated rings. The summed E-state index contributed by atoms with van der Waals surface area (Å²) in [6, 6.07) is 5.82. The minimum Gasteiger partial charge on any atom is -0.394 e. The van der Waals surface area contributed by atoms with E-state index in [2.05, 4.69) is 21.2 Å². The largest absolute Gasteiger partial charge is 0.394 e. The monoisotopic (exact) mass is 305 g/mol. The number of aliphatic hydroxyl groups is 1. The Balaban J connectivity index is 2.67. The lowest BCUT2D eigenvalue weighted by atomic mass is 10.00. The van der Waals surface area contributed by atoms with Crippen LogP contribution in [0, 0.1) is 0 Å². The second-order valence-corrected chi connectivity index (χ2v) is 5.48. The SMILES string of the molecule is CCC(C)(CO)NCc1ccc(Br)cc1Cl. The van der Waals surface area contributed by atoms with Crippen LogP contribution >= 0.6 is 27.5 Å². The van der Waals surface area contributed by atoms with Gasteiger partial charge in [0.2, 0.25) is 0 Å². The van der Waals surface area contributed by atoms with Gasteiger partial charge in [-0.15, -0.1) is 0 Å². The summed E-state index contributed by atoms with van der Waals surface area (Å²) in [7, 11) is 0. The second-order valence-electron chi connectivity index (χ2n) is 4.16. The van der Waals surface area contributed by atoms with Gasteiger partial charge >= 0.3 is 0 Å². The standard InChI is InChI=1S/C12H17BrClNO/c1-3-12(2,8-16)15-7-9-4-5-10(13)6-11(9)14/h4-6,15-16H,3,7-8H2,1-2H3. The molecule has 90 valence electrons. The zero-order valence-corrected chi connectivity index (χ0v) is 11.9. The molecular weight excluding hydrogens is 289 g/mol. The molecule has 1 aromatic rings. The molecular formula is C12H17BrClNO. The number of aliphatic hydroxyl groups excluding tert-OH is 1. The number of hydrogen-bond donors (Lipinski definition) is 2. The van der Waals surface area contributed by atoms with Crippen molar-refractivity contribution in [1.29, 1.82) is 0 Å². The molecule has 4 heteroatoms. The maximum absolute atomic E-state index is 9.27. The molecule has 0 aliphatic rings. The van der Waals surface area contributed by atoms with Crippen LogP contribution in [0.2, 0.25) is 5.02 Å². The molecule has 0 saturated heterocycles. The molecule has 0 aliphatic heterocycles. The molecule has 0 radical (unpaired) electrons. The van der Waals surface area contributed by atoms with Crippen molar-refractivity contribution in [2.75, 3.05) is 6.61 Å². The van der Waals surface area contributed by atoms with Crippen LogP contribution in [0.4, 0.5) is 0 Å². The van der Waals surface area contributed by atoms with E-state index < -0.39 is 0 Å². The number of hydrogen-bond acceptors (Lipinski definition) is 2. The third kappa shape index (κ3) is 3.74. The van der Waals surface area contributed by atoms with Crippen LogP contribution in [0.25, 0.3) is 0 Å². The molecule has 1 unspecified atom stereocenters. The molecule has 0 amide bonds. The zero-order chi connectivity index (χ0) is 12.2. The molecule has 0 saturated carbocycles. The van der Waals surface area contributed by atoms with Crippen LogP contribution in [0.15, 0.2) is 22.7 Å². The predicted octanol–water partition coefficient (Wildman–Crippen LogP) is 3.35. The van der Waals surface area contributed by atoms with Gasteiger partial charge in [0.1, 0.15) is 0 Å². The summed E-state index contributed by atoms with van der Waals surface area (Å²) in [5.74, 6) is 0. The number of rotatable bonds is 5. The minimum atomic E-state index is -0.240. The molecule has 16 heavy (non-hydrogen) atoms. The second kappa shape index (κ2) is 6.01. The fourth-order valence-corrected chi connectivity index (χ4v) is 2.01. The topological polar surface area (TPSA) is 32.3 Å². The van der Waals surface area contributed by atoms with Gasteiger partial charge in [-0.1, -0.05) is 40.5 Å². The van der Waals surface area contributed by atoms with Crippen LogP contribution in [-0.2, 0) is 6.54 Å². The first-order chi connectivity index (χ1) is 7.50. The normalized spacial score (nSPS) is 14.8. The molecule has 2 N–H and O–H groups in total. The highest BCUT2D eigenvalue weighted by atomic mass is 79.9. The summed E-state index contributed by atoms with van der Waals surface area (Å²) >= 11 is 9.48. The van der Waals surface area contributed by atoms with Crippen LogP contribution in [0.3, 0.4) is 0 Å². The number of halogens is 2. The summed E-state index contributed by atoms with van der Waals surface area (Å²) in [6.07, 6.45) is 0.873. The van der Waals surface area contributed by atoms with Gasteiger partial charge in [-0.3, -0.25) is 0 Å². The van der Waals surface area contributed by atoms with E-state index in [1.807, 2.05) is 32.0 Å². The first-order valence-corrected chi connectivity index (χ1v) is 6.47. The van der Waals surface area contributed by atoms with E-state index in [4.69, 9.17) is 11.6 Å². The van der Waals surface area contributed by atoms with Crippen molar-refractivity contribution in [3.05, 3.63) is 33.3 Å². The fraction of sp³-hybridized carbons (Fsp3) is 0.500. The Kier molecular flexibility index (Phi) is 5.25. The minimum absolute atomic E-state index is 0.123. The average molecular weight is 307 g/mol. The Hall–Kier alpha value is -0.0900. The Labute approximate surface area is 110 Å². The zero-order valence-electron chi connectivity index (χ0n) is 9.56. The van der Waals surface area contributed by atoms with E-state index in [1.165, 1.54) is 0 Å². The van der Waals surface area contributed by atoms with Gasteiger partial charge in [-0.2, -0.15) is 0 Å². The predicted molar refractivity (Wildman–Crippen MR) is 71.8 cm³/mol. The van der Waals surface area contributed by atoms with Crippen molar-refractivity contribution >= 4 is 27.5 Å². The van der Waals surface area contributed by atoms with Gasteiger partial charge in [0.15, 0.2) is 0 Å². The van der Waals surface area contributed by atoms with E-state index in [-0.39, 0.29) is 12.1 Å². The summed E-state index contributed by atoms with van der Waals surface area (Å²) < 4.78 is 0.974. The molecule has 1 aromatic carbocycles. The van der Waals surface area contributed by atoms with Crippen LogP contribution in [0.5, 0.6) is 0 Å². The first kappa shape index (κ1) is 14.0. The molecule has 0 bridgehead atoms. The Morgan fingerprint density at radius 1 is 1.50 bits per heavy atom. The van der Waals surface area contributed by atoms with Gasteiger partial charge in [0.25, 0.3) is 0 Å². The van der Waals surface area contributed by atoms with Crippen LogP contribution in [-0.4, -0.2) is 17.3 Å². The highest BCUT2D eigenvalue weighted by Crippen LogP contribution is 2.22. The lowest BCUT2D eigenvalue weighted by Gasteiger charge is -2.27. The lowest BCUT2D eigenvalue weighted by molar-refractivity contribution is 0.169. The number of benzene rings is 1. The summed E-state index contributed by atoms with van der Waals surface area (Å²) in [6.45, 7) is 4.83. The summed E-state index contributed by atoms with van der Waals surface area (Å²) in [4.78, 5) is 0. The van der Waals surface area contributed by atoms with Gasteiger partial charge < -0.3 is 10.4 Å². The molecule has 2 nitrogen and oxygen atoms in total. The number of nitrogens with one attached hydrogen (secondary N) is 1. The van der Waals surface area contributed by atoms with Crippen LogP contribution < -0.4 is 5.32 Å². The van der Waals surface area contributed by atoms with Gasteiger partial charge in [0.05, 0.1) is 6.61 Å². The fourth-order valence-electron chi connectivity index (χ4n) is 1.27. The highest BCUT2D eigenvalue weighted by molar-refractivity contribution is 9.10. The smallest absolute Gasteiger partial charge is 0.0610 e. The van der Waals surface area contributed by atoms with E-state index in [9.17, 15) is 5.11 Å².